The molecule has 4 heteroatoms. The van der Waals surface area contributed by atoms with Crippen LogP contribution in [0, 0.1) is 23.6 Å². The molecule has 0 radical (unpaired) electrons. The molecule has 0 aromatic heterocycles. The third kappa shape index (κ3) is 2.30. The minimum atomic E-state index is -1.04. The minimum Gasteiger partial charge on any atom is -0.478 e. The number of carboxylic acids is 1. The molecule has 4 atom stereocenters. The second kappa shape index (κ2) is 4.93. The molecule has 2 aliphatic carbocycles. The van der Waals surface area contributed by atoms with Gasteiger partial charge >= 0.3 is 5.97 Å². The third-order valence-corrected chi connectivity index (χ3v) is 4.57. The van der Waals surface area contributed by atoms with Crippen molar-refractivity contribution in [1.29, 1.82) is 0 Å². The number of carbonyl (C=O) groups is 1. The van der Waals surface area contributed by atoms with E-state index in [0.29, 0.717) is 17.8 Å². The summed E-state index contributed by atoms with van der Waals surface area (Å²) in [5, 5.41) is 12.1. The van der Waals surface area contributed by atoms with Gasteiger partial charge in [0.1, 0.15) is 5.82 Å². The van der Waals surface area contributed by atoms with Crippen LogP contribution >= 0.6 is 0 Å². The number of fused-ring (bicyclic) bond motifs is 2. The first-order valence-electron chi connectivity index (χ1n) is 7.02. The first kappa shape index (κ1) is 13.2. The average Bonchev–Trinajstić information content (AvgIpc) is 3.03. The highest BCUT2D eigenvalue weighted by molar-refractivity contribution is 5.88. The maximum atomic E-state index is 13.8. The van der Waals surface area contributed by atoms with Gasteiger partial charge in [0.2, 0.25) is 0 Å². The van der Waals surface area contributed by atoms with E-state index in [2.05, 4.69) is 17.5 Å². The lowest BCUT2D eigenvalue weighted by atomic mass is 9.87. The lowest BCUT2D eigenvalue weighted by Gasteiger charge is -2.27. The van der Waals surface area contributed by atoms with Gasteiger partial charge in [-0.15, -0.1) is 0 Å². The highest BCUT2D eigenvalue weighted by Crippen LogP contribution is 2.45. The van der Waals surface area contributed by atoms with Crippen LogP contribution in [0.5, 0.6) is 0 Å². The summed E-state index contributed by atoms with van der Waals surface area (Å²) in [5.74, 6) is 0.305. The highest BCUT2D eigenvalue weighted by Gasteiger charge is 2.38. The predicted molar refractivity (Wildman–Crippen MR) is 75.3 cm³/mol. The van der Waals surface area contributed by atoms with E-state index in [1.807, 2.05) is 6.92 Å². The van der Waals surface area contributed by atoms with Crippen LogP contribution in [-0.2, 0) is 0 Å². The Morgan fingerprint density at radius 1 is 1.40 bits per heavy atom. The van der Waals surface area contributed by atoms with Gasteiger partial charge < -0.3 is 10.4 Å². The van der Waals surface area contributed by atoms with Crippen LogP contribution in [0.25, 0.3) is 0 Å². The van der Waals surface area contributed by atoms with E-state index in [9.17, 15) is 9.18 Å². The number of hydrogen-bond donors (Lipinski definition) is 2. The van der Waals surface area contributed by atoms with Crippen molar-refractivity contribution in [2.45, 2.75) is 25.8 Å². The molecular weight excluding hydrogens is 257 g/mol. The molecule has 0 saturated heterocycles. The topological polar surface area (TPSA) is 49.3 Å². The Morgan fingerprint density at radius 2 is 2.20 bits per heavy atom. The summed E-state index contributed by atoms with van der Waals surface area (Å²) in [6, 6.07) is 4.00. The van der Waals surface area contributed by atoms with Gasteiger partial charge in [-0.3, -0.25) is 0 Å². The number of halogens is 1. The van der Waals surface area contributed by atoms with E-state index in [0.717, 1.165) is 6.42 Å². The number of aromatic carboxylic acids is 1. The molecule has 3 nitrogen and oxygen atoms in total. The number of carboxylic acid groups (broad SMARTS) is 1. The van der Waals surface area contributed by atoms with Crippen molar-refractivity contribution in [2.75, 3.05) is 5.32 Å². The fourth-order valence-electron chi connectivity index (χ4n) is 3.52. The number of rotatable bonds is 4. The summed E-state index contributed by atoms with van der Waals surface area (Å²) in [4.78, 5) is 11.0. The highest BCUT2D eigenvalue weighted by atomic mass is 19.1. The Bertz CT molecular complexity index is 570. The summed E-state index contributed by atoms with van der Waals surface area (Å²) in [6.07, 6.45) is 6.88. The van der Waals surface area contributed by atoms with Crippen LogP contribution in [0.15, 0.2) is 30.4 Å². The van der Waals surface area contributed by atoms with E-state index in [1.165, 1.54) is 24.6 Å². The Morgan fingerprint density at radius 3 is 2.80 bits per heavy atom. The van der Waals surface area contributed by atoms with Gasteiger partial charge in [0.15, 0.2) is 0 Å². The Balaban J connectivity index is 1.75. The first-order chi connectivity index (χ1) is 9.54. The van der Waals surface area contributed by atoms with Gasteiger partial charge in [0.25, 0.3) is 0 Å². The molecule has 1 aromatic carbocycles. The molecule has 4 unspecified atom stereocenters. The van der Waals surface area contributed by atoms with Gasteiger partial charge in [0.05, 0.1) is 11.3 Å². The number of benzene rings is 1. The van der Waals surface area contributed by atoms with Crippen molar-refractivity contribution < 1.29 is 14.3 Å². The zero-order valence-electron chi connectivity index (χ0n) is 11.3. The molecular formula is C16H18FNO2. The summed E-state index contributed by atoms with van der Waals surface area (Å²) in [7, 11) is 0. The normalized spacial score (nSPS) is 28.6. The number of allylic oxidation sites excluding steroid dienone is 2. The number of anilines is 1. The second-order valence-corrected chi connectivity index (χ2v) is 5.88. The molecule has 2 N–H and O–H groups in total. The summed E-state index contributed by atoms with van der Waals surface area (Å²) in [6.45, 7) is 2.05. The molecule has 1 saturated carbocycles. The van der Waals surface area contributed by atoms with E-state index >= 15 is 0 Å². The number of nitrogens with one attached hydrogen (secondary N) is 1. The van der Waals surface area contributed by atoms with Crippen LogP contribution in [0.3, 0.4) is 0 Å². The van der Waals surface area contributed by atoms with E-state index in [4.69, 9.17) is 5.11 Å². The zero-order valence-corrected chi connectivity index (χ0v) is 11.3. The predicted octanol–water partition coefficient (Wildman–Crippen LogP) is 3.54. The summed E-state index contributed by atoms with van der Waals surface area (Å²) in [5.41, 5.74) is 0.387. The van der Waals surface area contributed by atoms with Gasteiger partial charge in [-0.05, 0) is 55.7 Å². The second-order valence-electron chi connectivity index (χ2n) is 5.88. The third-order valence-electron chi connectivity index (χ3n) is 4.57. The molecule has 106 valence electrons. The molecule has 3 rings (SSSR count). The van der Waals surface area contributed by atoms with E-state index in [-0.39, 0.29) is 17.3 Å². The van der Waals surface area contributed by atoms with Crippen molar-refractivity contribution in [3.8, 4) is 0 Å². The summed E-state index contributed by atoms with van der Waals surface area (Å²) >= 11 is 0. The van der Waals surface area contributed by atoms with Crippen LogP contribution in [0.1, 0.15) is 30.1 Å². The van der Waals surface area contributed by atoms with Gasteiger partial charge in [0, 0.05) is 6.04 Å². The lowest BCUT2D eigenvalue weighted by molar-refractivity contribution is 0.0697. The van der Waals surface area contributed by atoms with Gasteiger partial charge in [-0.25, -0.2) is 9.18 Å². The molecule has 1 fully saturated rings. The van der Waals surface area contributed by atoms with Crippen molar-refractivity contribution in [1.82, 2.24) is 0 Å². The molecule has 0 spiro atoms. The first-order valence-corrected chi connectivity index (χ1v) is 7.02. The van der Waals surface area contributed by atoms with Crippen molar-refractivity contribution in [3.63, 3.8) is 0 Å². The van der Waals surface area contributed by atoms with Crippen LogP contribution < -0.4 is 5.32 Å². The number of hydrogen-bond acceptors (Lipinski definition) is 2. The molecule has 0 amide bonds. The molecule has 0 aliphatic heterocycles. The minimum absolute atomic E-state index is 0.105. The van der Waals surface area contributed by atoms with Gasteiger partial charge in [-0.1, -0.05) is 12.2 Å². The molecule has 1 aromatic rings. The van der Waals surface area contributed by atoms with Gasteiger partial charge in [-0.2, -0.15) is 0 Å². The quantitative estimate of drug-likeness (QED) is 0.826. The maximum Gasteiger partial charge on any atom is 0.335 e. The van der Waals surface area contributed by atoms with Crippen molar-refractivity contribution in [3.05, 3.63) is 41.7 Å². The van der Waals surface area contributed by atoms with E-state index in [1.54, 1.807) is 0 Å². The molecule has 2 aliphatic rings. The zero-order chi connectivity index (χ0) is 14.3. The fourth-order valence-corrected chi connectivity index (χ4v) is 3.52. The van der Waals surface area contributed by atoms with Crippen molar-refractivity contribution in [2.24, 2.45) is 17.8 Å². The lowest BCUT2D eigenvalue weighted by Crippen LogP contribution is -2.29. The standard InChI is InChI=1S/C16H18FNO2/c1-9(13-7-10-2-3-11(13)6-10)18-15-8-12(16(19)20)4-5-14(15)17/h2-5,8-11,13,18H,6-7H2,1H3,(H,19,20). The average molecular weight is 275 g/mol. The molecule has 0 heterocycles. The Labute approximate surface area is 117 Å². The smallest absolute Gasteiger partial charge is 0.335 e. The Kier molecular flexibility index (Phi) is 3.24. The largest absolute Gasteiger partial charge is 0.478 e. The monoisotopic (exact) mass is 275 g/mol. The maximum absolute atomic E-state index is 13.8. The van der Waals surface area contributed by atoms with Crippen molar-refractivity contribution >= 4 is 11.7 Å². The molecule has 20 heavy (non-hydrogen) atoms. The van der Waals surface area contributed by atoms with Crippen LogP contribution in [0.4, 0.5) is 10.1 Å². The van der Waals surface area contributed by atoms with E-state index < -0.39 is 11.8 Å². The molecule has 2 bridgehead atoms. The fraction of sp³-hybridized carbons (Fsp3) is 0.438. The summed E-state index contributed by atoms with van der Waals surface area (Å²) < 4.78 is 13.8. The van der Waals surface area contributed by atoms with Crippen LogP contribution in [-0.4, -0.2) is 17.1 Å². The van der Waals surface area contributed by atoms with Crippen LogP contribution in [0.2, 0.25) is 0 Å². The SMILES string of the molecule is CC(Nc1cc(C(=O)O)ccc1F)C1CC2C=CC1C2. The Hall–Kier alpha value is -1.84.